The van der Waals surface area contributed by atoms with Crippen molar-refractivity contribution in [1.29, 1.82) is 0 Å². The third-order valence-electron chi connectivity index (χ3n) is 2.23. The molecule has 0 unspecified atom stereocenters. The van der Waals surface area contributed by atoms with E-state index in [9.17, 15) is 30.7 Å². The number of rotatable bonds is 4. The van der Waals surface area contributed by atoms with E-state index in [4.69, 9.17) is 5.73 Å². The molecule has 0 aromatic heterocycles. The van der Waals surface area contributed by atoms with Gasteiger partial charge < -0.3 is 10.5 Å². The zero-order chi connectivity index (χ0) is 14.8. The largest absolute Gasteiger partial charge is 0.455 e. The monoisotopic (exact) mass is 291 g/mol. The maximum absolute atomic E-state index is 12.9. The smallest absolute Gasteiger partial charge is 0.435 e. The van der Waals surface area contributed by atoms with E-state index in [0.717, 1.165) is 24.3 Å². The molecule has 1 atom stereocenters. The number of ether oxygens (including phenoxy) is 1. The molecule has 2 N–H and O–H groups in total. The highest BCUT2D eigenvalue weighted by atomic mass is 19.4. The first kappa shape index (κ1) is 15.5. The zero-order valence-electron chi connectivity index (χ0n) is 9.10. The van der Waals surface area contributed by atoms with Crippen LogP contribution in [0.15, 0.2) is 24.3 Å². The maximum atomic E-state index is 12.9. The summed E-state index contributed by atoms with van der Waals surface area (Å²) in [5.41, 5.74) is 4.30. The molecule has 1 aromatic rings. The van der Waals surface area contributed by atoms with Crippen molar-refractivity contribution in [3.05, 3.63) is 29.8 Å². The molecule has 0 amide bonds. The Morgan fingerprint density at radius 1 is 0.947 bits per heavy atom. The van der Waals surface area contributed by atoms with Crippen LogP contribution in [0.5, 0.6) is 5.75 Å². The minimum absolute atomic E-state index is 0.374. The molecule has 0 bridgehead atoms. The van der Waals surface area contributed by atoms with Crippen LogP contribution in [0.3, 0.4) is 0 Å². The van der Waals surface area contributed by atoms with E-state index in [-0.39, 0.29) is 5.75 Å². The normalized spacial score (nSPS) is 14.6. The third kappa shape index (κ3) is 3.49. The molecule has 9 heteroatoms. The molecular formula is C10H8F7NO. The molecule has 0 aliphatic carbocycles. The fourth-order valence-electron chi connectivity index (χ4n) is 1.24. The Bertz CT molecular complexity index is 415. The molecular weight excluding hydrogens is 283 g/mol. The molecule has 0 aliphatic heterocycles. The van der Waals surface area contributed by atoms with Crippen LogP contribution in [0.2, 0.25) is 0 Å². The average molecular weight is 291 g/mol. The van der Waals surface area contributed by atoms with Gasteiger partial charge in [-0.25, -0.2) is 0 Å². The van der Waals surface area contributed by atoms with Crippen LogP contribution < -0.4 is 10.5 Å². The predicted molar refractivity (Wildman–Crippen MR) is 51.0 cm³/mol. The summed E-state index contributed by atoms with van der Waals surface area (Å²) in [6.07, 6.45) is -5.80. The van der Waals surface area contributed by atoms with Crippen molar-refractivity contribution in [3.63, 3.8) is 0 Å². The van der Waals surface area contributed by atoms with E-state index in [1.165, 1.54) is 0 Å². The molecule has 0 saturated heterocycles. The summed E-state index contributed by atoms with van der Waals surface area (Å²) in [7, 11) is 0. The summed E-state index contributed by atoms with van der Waals surface area (Å²) in [6.45, 7) is -3.13. The van der Waals surface area contributed by atoms with Gasteiger partial charge in [-0.3, -0.25) is 0 Å². The lowest BCUT2D eigenvalue weighted by molar-refractivity contribution is -0.291. The third-order valence-corrected chi connectivity index (χ3v) is 2.23. The second-order valence-corrected chi connectivity index (χ2v) is 3.55. The van der Waals surface area contributed by atoms with Crippen molar-refractivity contribution >= 4 is 0 Å². The molecule has 0 saturated carbocycles. The Morgan fingerprint density at radius 2 is 1.42 bits per heavy atom. The summed E-state index contributed by atoms with van der Waals surface area (Å²) in [4.78, 5) is 0. The number of alkyl halides is 7. The van der Waals surface area contributed by atoms with E-state index in [2.05, 4.69) is 4.74 Å². The quantitative estimate of drug-likeness (QED) is 0.862. The van der Waals surface area contributed by atoms with Gasteiger partial charge in [-0.15, -0.1) is 0 Å². The van der Waals surface area contributed by atoms with E-state index in [1.807, 2.05) is 0 Å². The minimum atomic E-state index is -5.80. The summed E-state index contributed by atoms with van der Waals surface area (Å²) in [5.74, 6) is -5.50. The van der Waals surface area contributed by atoms with Gasteiger partial charge in [0.2, 0.25) is 0 Å². The zero-order valence-corrected chi connectivity index (χ0v) is 9.10. The summed E-state index contributed by atoms with van der Waals surface area (Å²) in [6, 6.07) is 0.555. The summed E-state index contributed by atoms with van der Waals surface area (Å²) >= 11 is 0. The number of hydrogen-bond donors (Lipinski definition) is 1. The topological polar surface area (TPSA) is 35.2 Å². The molecule has 19 heavy (non-hydrogen) atoms. The molecule has 0 aliphatic rings. The Kier molecular flexibility index (Phi) is 4.28. The summed E-state index contributed by atoms with van der Waals surface area (Å²) < 4.78 is 89.6. The SMILES string of the molecule is N[C@@H](c1ccc(OC(F)F)cc1)C(F)(F)C(F)(F)F. The van der Waals surface area contributed by atoms with Crippen molar-refractivity contribution in [2.75, 3.05) is 0 Å². The van der Waals surface area contributed by atoms with Gasteiger partial charge in [0.1, 0.15) is 11.8 Å². The van der Waals surface area contributed by atoms with Gasteiger partial charge in [0.25, 0.3) is 0 Å². The standard InChI is InChI=1S/C10H8F7NO/c11-8(12)19-6-3-1-5(2-4-6)7(18)9(13,14)10(15,16)17/h1-4,7-8H,18H2/t7-/m0/s1. The van der Waals surface area contributed by atoms with Gasteiger partial charge >= 0.3 is 18.7 Å². The van der Waals surface area contributed by atoms with Gasteiger partial charge in [-0.1, -0.05) is 12.1 Å². The molecule has 0 radical (unpaired) electrons. The Morgan fingerprint density at radius 3 is 1.79 bits per heavy atom. The lowest BCUT2D eigenvalue weighted by Gasteiger charge is -2.26. The van der Waals surface area contributed by atoms with Crippen LogP contribution in [-0.4, -0.2) is 18.7 Å². The number of hydrogen-bond acceptors (Lipinski definition) is 2. The number of halogens is 7. The lowest BCUT2D eigenvalue weighted by atomic mass is 10.0. The van der Waals surface area contributed by atoms with Crippen molar-refractivity contribution in [2.45, 2.75) is 24.8 Å². The van der Waals surface area contributed by atoms with Crippen molar-refractivity contribution in [3.8, 4) is 5.75 Å². The first-order valence-corrected chi connectivity index (χ1v) is 4.80. The number of nitrogens with two attached hydrogens (primary N) is 1. The van der Waals surface area contributed by atoms with Crippen LogP contribution >= 0.6 is 0 Å². The molecule has 1 rings (SSSR count). The van der Waals surface area contributed by atoms with Crippen LogP contribution in [0.1, 0.15) is 11.6 Å². The van der Waals surface area contributed by atoms with Gasteiger partial charge in [-0.05, 0) is 17.7 Å². The molecule has 0 heterocycles. The van der Waals surface area contributed by atoms with Gasteiger partial charge in [0.15, 0.2) is 0 Å². The van der Waals surface area contributed by atoms with Crippen LogP contribution in [-0.2, 0) is 0 Å². The van der Waals surface area contributed by atoms with Crippen molar-refractivity contribution < 1.29 is 35.5 Å². The Labute approximate surface area is 103 Å². The highest BCUT2D eigenvalue weighted by Crippen LogP contribution is 2.43. The molecule has 0 fully saturated rings. The fraction of sp³-hybridized carbons (Fsp3) is 0.400. The van der Waals surface area contributed by atoms with Crippen molar-refractivity contribution in [2.24, 2.45) is 5.73 Å². The maximum Gasteiger partial charge on any atom is 0.455 e. The average Bonchev–Trinajstić information content (AvgIpc) is 2.26. The highest BCUT2D eigenvalue weighted by molar-refractivity contribution is 5.30. The fourth-order valence-corrected chi connectivity index (χ4v) is 1.24. The van der Waals surface area contributed by atoms with E-state index in [0.29, 0.717) is 0 Å². The lowest BCUT2D eigenvalue weighted by Crippen LogP contribution is -2.45. The van der Waals surface area contributed by atoms with Crippen LogP contribution in [0.4, 0.5) is 30.7 Å². The van der Waals surface area contributed by atoms with E-state index in [1.54, 1.807) is 0 Å². The predicted octanol–water partition coefficient (Wildman–Crippen LogP) is 3.49. The second kappa shape index (κ2) is 5.24. The van der Waals surface area contributed by atoms with E-state index < -0.39 is 30.3 Å². The Hall–Kier alpha value is -1.51. The second-order valence-electron chi connectivity index (χ2n) is 3.55. The Balaban J connectivity index is 2.92. The van der Waals surface area contributed by atoms with Crippen LogP contribution in [0, 0.1) is 0 Å². The molecule has 1 aromatic carbocycles. The van der Waals surface area contributed by atoms with Gasteiger partial charge in [0, 0.05) is 0 Å². The van der Waals surface area contributed by atoms with Gasteiger partial charge in [-0.2, -0.15) is 30.7 Å². The minimum Gasteiger partial charge on any atom is -0.435 e. The summed E-state index contributed by atoms with van der Waals surface area (Å²) in [5, 5.41) is 0. The molecule has 0 spiro atoms. The van der Waals surface area contributed by atoms with Crippen LogP contribution in [0.25, 0.3) is 0 Å². The van der Waals surface area contributed by atoms with Gasteiger partial charge in [0.05, 0.1) is 0 Å². The highest BCUT2D eigenvalue weighted by Gasteiger charge is 2.61. The number of benzene rings is 1. The molecule has 2 nitrogen and oxygen atoms in total. The first-order valence-electron chi connectivity index (χ1n) is 4.80. The van der Waals surface area contributed by atoms with E-state index >= 15 is 0 Å². The molecule has 108 valence electrons. The first-order chi connectivity index (χ1) is 8.55. The van der Waals surface area contributed by atoms with Crippen molar-refractivity contribution in [1.82, 2.24) is 0 Å².